The van der Waals surface area contributed by atoms with Crippen LogP contribution in [-0.2, 0) is 17.6 Å². The molecule has 0 aliphatic carbocycles. The maximum Gasteiger partial charge on any atom is 0.259 e. The van der Waals surface area contributed by atoms with Gasteiger partial charge in [0.25, 0.3) is 5.91 Å². The molecule has 12 nitrogen and oxygen atoms in total. The van der Waals surface area contributed by atoms with E-state index in [1.807, 2.05) is 97.1 Å². The number of nitrogens with zero attached hydrogens (tertiary/aromatic N) is 8. The molecule has 58 heavy (non-hydrogen) atoms. The van der Waals surface area contributed by atoms with Crippen LogP contribution in [0.15, 0.2) is 134 Å². The summed E-state index contributed by atoms with van der Waals surface area (Å²) < 4.78 is 6.67. The van der Waals surface area contributed by atoms with Gasteiger partial charge in [-0.25, -0.2) is 9.97 Å². The minimum atomic E-state index is -0.351. The number of fused-ring (bicyclic) bond motifs is 2. The molecule has 6 heterocycles. The fourth-order valence-corrected chi connectivity index (χ4v) is 7.63. The number of aromatic nitrogens is 6. The number of benzene rings is 3. The van der Waals surface area contributed by atoms with E-state index in [1.165, 1.54) is 0 Å². The monoisotopic (exact) mass is 766 g/mol. The zero-order valence-corrected chi connectivity index (χ0v) is 31.5. The van der Waals surface area contributed by atoms with Crippen LogP contribution in [0.4, 0.5) is 11.6 Å². The van der Waals surface area contributed by atoms with Crippen LogP contribution < -0.4 is 14.5 Å². The Morgan fingerprint density at radius 2 is 1.24 bits per heavy atom. The van der Waals surface area contributed by atoms with Crippen molar-refractivity contribution >= 4 is 23.5 Å². The van der Waals surface area contributed by atoms with Gasteiger partial charge in [0.2, 0.25) is 17.7 Å². The molecule has 1 atom stereocenters. The minimum absolute atomic E-state index is 0.125. The molecule has 0 radical (unpaired) electrons. The van der Waals surface area contributed by atoms with Gasteiger partial charge >= 0.3 is 0 Å². The molecule has 0 saturated carbocycles. The summed E-state index contributed by atoms with van der Waals surface area (Å²) in [6, 6.07) is 37.7. The fourth-order valence-electron chi connectivity index (χ4n) is 7.63. The fraction of sp³-hybridized carbons (Fsp3) is 0.174. The second kappa shape index (κ2) is 16.0. The number of amides is 2. The standard InChI is InChI=1S/C46H38N8O4/c55-39(53-26-12-20-34-42(53)49-40(51-44(34)56)37-22-7-9-24-47-37)29-36(30-14-3-1-4-15-30)32-18-11-19-33(28-32)58-45-35-21-13-27-54(46(57)31-16-5-2-6-17-31)43(35)50-41(52-45)38-23-8-10-25-48-38/h1-11,14-19,22-25,28,36H,12-13,20-21,26-27,29H2,(H,49,51,56). The maximum atomic E-state index is 14.5. The molecular weight excluding hydrogens is 729 g/mol. The van der Waals surface area contributed by atoms with Gasteiger partial charge in [-0.1, -0.05) is 72.8 Å². The van der Waals surface area contributed by atoms with E-state index < -0.39 is 0 Å². The molecule has 0 spiro atoms. The third-order valence-electron chi connectivity index (χ3n) is 10.4. The number of pyridine rings is 2. The first-order valence-corrected chi connectivity index (χ1v) is 19.3. The predicted molar refractivity (Wildman–Crippen MR) is 219 cm³/mol. The Morgan fingerprint density at radius 1 is 0.638 bits per heavy atom. The molecule has 9 rings (SSSR count). The molecule has 2 amide bonds. The minimum Gasteiger partial charge on any atom is -0.493 e. The summed E-state index contributed by atoms with van der Waals surface area (Å²) in [6.45, 7) is 0.953. The lowest BCUT2D eigenvalue weighted by Crippen LogP contribution is -2.37. The Balaban J connectivity index is 1.06. The average molecular weight is 767 g/mol. The Labute approximate surface area is 334 Å². The largest absolute Gasteiger partial charge is 0.493 e. The lowest BCUT2D eigenvalue weighted by molar-refractivity contribution is -0.119. The van der Waals surface area contributed by atoms with E-state index in [1.54, 1.807) is 46.5 Å². The smallest absolute Gasteiger partial charge is 0.259 e. The summed E-state index contributed by atoms with van der Waals surface area (Å²) >= 11 is 0. The first-order valence-electron chi connectivity index (χ1n) is 19.3. The summed E-state index contributed by atoms with van der Waals surface area (Å²) in [5.41, 5.74) is 4.72. The van der Waals surface area contributed by atoms with Crippen molar-refractivity contribution in [2.24, 2.45) is 0 Å². The van der Waals surface area contributed by atoms with E-state index in [-0.39, 0.29) is 35.9 Å². The molecule has 2 aliphatic rings. The highest BCUT2D eigenvalue weighted by molar-refractivity contribution is 6.06. The van der Waals surface area contributed by atoms with Crippen molar-refractivity contribution in [1.82, 2.24) is 29.9 Å². The Hall–Kier alpha value is -7.34. The van der Waals surface area contributed by atoms with E-state index in [0.717, 1.165) is 16.7 Å². The zero-order chi connectivity index (χ0) is 39.4. The Kier molecular flexibility index (Phi) is 10.0. The molecule has 4 aromatic heterocycles. The molecular formula is C46H38N8O4. The number of hydrogen-bond acceptors (Lipinski definition) is 10. The van der Waals surface area contributed by atoms with Crippen molar-refractivity contribution in [2.45, 2.75) is 38.0 Å². The summed E-state index contributed by atoms with van der Waals surface area (Å²) in [4.78, 5) is 59.4. The van der Waals surface area contributed by atoms with Crippen molar-refractivity contribution < 1.29 is 19.4 Å². The predicted octanol–water partition coefficient (Wildman–Crippen LogP) is 7.98. The number of ether oxygens (including phenoxy) is 1. The number of carbonyl (C=O) groups is 2. The number of carbonyl (C=O) groups excluding carboxylic acids is 2. The molecule has 2 aliphatic heterocycles. The highest BCUT2D eigenvalue weighted by Gasteiger charge is 2.32. The quantitative estimate of drug-likeness (QED) is 0.153. The topological polar surface area (TPSA) is 147 Å². The SMILES string of the molecule is O=C(CC(c1ccccc1)c1cccc(Oc2nc(-c3ccccn3)nc3c2CCCN3C(=O)c2ccccc2)c1)N1CCCc2c(O)nc(-c3ccccn3)nc21. The van der Waals surface area contributed by atoms with Crippen LogP contribution in [0, 0.1) is 0 Å². The molecule has 0 fully saturated rings. The van der Waals surface area contributed by atoms with E-state index in [2.05, 4.69) is 15.0 Å². The van der Waals surface area contributed by atoms with Gasteiger partial charge in [0.15, 0.2) is 11.6 Å². The van der Waals surface area contributed by atoms with Crippen LogP contribution in [0.1, 0.15) is 57.8 Å². The second-order valence-corrected chi connectivity index (χ2v) is 14.2. The number of anilines is 2. The molecule has 1 N–H and O–H groups in total. The first kappa shape index (κ1) is 36.3. The van der Waals surface area contributed by atoms with Crippen molar-refractivity contribution in [2.75, 3.05) is 22.9 Å². The molecule has 7 aromatic rings. The van der Waals surface area contributed by atoms with Gasteiger partial charge in [-0.15, -0.1) is 0 Å². The second-order valence-electron chi connectivity index (χ2n) is 14.2. The number of aromatic hydroxyl groups is 1. The Morgan fingerprint density at radius 3 is 1.93 bits per heavy atom. The van der Waals surface area contributed by atoms with E-state index in [0.29, 0.717) is 90.4 Å². The van der Waals surface area contributed by atoms with Gasteiger partial charge in [0, 0.05) is 43.4 Å². The molecule has 0 bridgehead atoms. The van der Waals surface area contributed by atoms with Crippen molar-refractivity contribution in [3.05, 3.63) is 162 Å². The normalized spacial score (nSPS) is 13.9. The Bertz CT molecular complexity index is 2600. The highest BCUT2D eigenvalue weighted by Crippen LogP contribution is 2.39. The van der Waals surface area contributed by atoms with Crippen LogP contribution in [0.2, 0.25) is 0 Å². The van der Waals surface area contributed by atoms with Crippen molar-refractivity contribution in [1.29, 1.82) is 0 Å². The zero-order valence-electron chi connectivity index (χ0n) is 31.5. The van der Waals surface area contributed by atoms with Gasteiger partial charge in [-0.05, 0) is 85.3 Å². The summed E-state index contributed by atoms with van der Waals surface area (Å²) in [5, 5.41) is 11.0. The average Bonchev–Trinajstić information content (AvgIpc) is 3.28. The molecule has 12 heteroatoms. The number of rotatable bonds is 9. The van der Waals surface area contributed by atoms with Gasteiger partial charge in [-0.2, -0.15) is 9.97 Å². The molecule has 0 saturated heterocycles. The van der Waals surface area contributed by atoms with Gasteiger partial charge < -0.3 is 9.84 Å². The van der Waals surface area contributed by atoms with E-state index in [9.17, 15) is 14.7 Å². The van der Waals surface area contributed by atoms with Crippen LogP contribution in [0.3, 0.4) is 0 Å². The van der Waals surface area contributed by atoms with E-state index in [4.69, 9.17) is 19.7 Å². The third-order valence-corrected chi connectivity index (χ3v) is 10.4. The van der Waals surface area contributed by atoms with Gasteiger partial charge in [-0.3, -0.25) is 29.4 Å². The van der Waals surface area contributed by atoms with Gasteiger partial charge in [0.05, 0.1) is 11.1 Å². The molecule has 286 valence electrons. The van der Waals surface area contributed by atoms with Crippen LogP contribution in [0.25, 0.3) is 23.0 Å². The molecule has 3 aromatic carbocycles. The van der Waals surface area contributed by atoms with Crippen molar-refractivity contribution in [3.8, 4) is 40.5 Å². The maximum absolute atomic E-state index is 14.5. The summed E-state index contributed by atoms with van der Waals surface area (Å²) in [6.07, 6.45) is 5.99. The first-order chi connectivity index (χ1) is 28.5. The van der Waals surface area contributed by atoms with Crippen molar-refractivity contribution in [3.63, 3.8) is 0 Å². The lowest BCUT2D eigenvalue weighted by atomic mass is 9.87. The summed E-state index contributed by atoms with van der Waals surface area (Å²) in [5.74, 6) is 1.58. The highest BCUT2D eigenvalue weighted by atomic mass is 16.5. The van der Waals surface area contributed by atoms with Crippen LogP contribution in [-0.4, -0.2) is 59.9 Å². The van der Waals surface area contributed by atoms with Crippen LogP contribution in [0.5, 0.6) is 17.5 Å². The third kappa shape index (κ3) is 7.35. The lowest BCUT2D eigenvalue weighted by Gasteiger charge is -2.30. The van der Waals surface area contributed by atoms with E-state index >= 15 is 0 Å². The summed E-state index contributed by atoms with van der Waals surface area (Å²) in [7, 11) is 0. The number of hydrogen-bond donors (Lipinski definition) is 1. The molecule has 1 unspecified atom stereocenters. The van der Waals surface area contributed by atoms with Crippen LogP contribution >= 0.6 is 0 Å². The van der Waals surface area contributed by atoms with Gasteiger partial charge in [0.1, 0.15) is 28.8 Å².